The van der Waals surface area contributed by atoms with E-state index >= 15 is 0 Å². The van der Waals surface area contributed by atoms with Gasteiger partial charge in [-0.1, -0.05) is 0 Å². The first-order chi connectivity index (χ1) is 10.5. The third kappa shape index (κ3) is 3.78. The third-order valence-corrected chi connectivity index (χ3v) is 3.15. The van der Waals surface area contributed by atoms with Crippen molar-refractivity contribution in [3.05, 3.63) is 35.6 Å². The first kappa shape index (κ1) is 15.9. The Morgan fingerprint density at radius 2 is 2.09 bits per heavy atom. The Bertz CT molecular complexity index is 621. The van der Waals surface area contributed by atoms with Crippen molar-refractivity contribution >= 4 is 12.3 Å². The molecule has 0 unspecified atom stereocenters. The molecule has 1 aromatic carbocycles. The second-order valence-corrected chi connectivity index (χ2v) is 5.41. The Balaban J connectivity index is 2.18. The van der Waals surface area contributed by atoms with Crippen LogP contribution in [0.2, 0.25) is 0 Å². The summed E-state index contributed by atoms with van der Waals surface area (Å²) in [5, 5.41) is 3.11. The van der Waals surface area contributed by atoms with Crippen molar-refractivity contribution in [2.75, 3.05) is 14.2 Å². The minimum atomic E-state index is -0.392. The standard InChI is InChI=1S/C16H20N2O4/c1-16(2)8-13(10-19)22-15(18-16)17-9-11-5-6-12(20-3)7-14(11)21-4/h5-8,10H,9H2,1-4H3,(H,17,18). The minimum absolute atomic E-state index is 0.254. The van der Waals surface area contributed by atoms with Crippen LogP contribution in [0.15, 0.2) is 35.0 Å². The van der Waals surface area contributed by atoms with E-state index in [1.54, 1.807) is 26.4 Å². The summed E-state index contributed by atoms with van der Waals surface area (Å²) in [5.74, 6) is 1.65. The van der Waals surface area contributed by atoms with E-state index < -0.39 is 5.54 Å². The Morgan fingerprint density at radius 3 is 2.73 bits per heavy atom. The van der Waals surface area contributed by atoms with Crippen LogP contribution in [0, 0.1) is 0 Å². The summed E-state index contributed by atoms with van der Waals surface area (Å²) < 4.78 is 15.9. The lowest BCUT2D eigenvalue weighted by Crippen LogP contribution is -2.46. The van der Waals surface area contributed by atoms with Crippen LogP contribution < -0.4 is 14.8 Å². The maximum absolute atomic E-state index is 10.9. The van der Waals surface area contributed by atoms with Gasteiger partial charge in [-0.05, 0) is 32.1 Å². The number of hydrogen-bond acceptors (Lipinski definition) is 5. The highest BCUT2D eigenvalue weighted by Crippen LogP contribution is 2.25. The largest absolute Gasteiger partial charge is 0.497 e. The van der Waals surface area contributed by atoms with Gasteiger partial charge in [0, 0.05) is 11.6 Å². The zero-order valence-electron chi connectivity index (χ0n) is 13.2. The van der Waals surface area contributed by atoms with Crippen LogP contribution in [-0.2, 0) is 16.1 Å². The number of benzene rings is 1. The molecule has 0 bridgehead atoms. The van der Waals surface area contributed by atoms with Gasteiger partial charge < -0.3 is 19.5 Å². The maximum atomic E-state index is 10.9. The van der Waals surface area contributed by atoms with E-state index in [1.807, 2.05) is 26.0 Å². The van der Waals surface area contributed by atoms with Crippen molar-refractivity contribution in [2.45, 2.75) is 25.9 Å². The van der Waals surface area contributed by atoms with E-state index in [9.17, 15) is 4.79 Å². The van der Waals surface area contributed by atoms with Crippen LogP contribution >= 0.6 is 0 Å². The van der Waals surface area contributed by atoms with Gasteiger partial charge in [-0.3, -0.25) is 4.79 Å². The average molecular weight is 304 g/mol. The molecular formula is C16H20N2O4. The second kappa shape index (κ2) is 6.51. The number of aldehydes is 1. The van der Waals surface area contributed by atoms with Crippen molar-refractivity contribution < 1.29 is 19.0 Å². The number of nitrogens with zero attached hydrogens (tertiary/aromatic N) is 1. The topological polar surface area (TPSA) is 69.2 Å². The molecule has 1 aliphatic rings. The predicted molar refractivity (Wildman–Crippen MR) is 83.1 cm³/mol. The first-order valence-electron chi connectivity index (χ1n) is 6.87. The van der Waals surface area contributed by atoms with Crippen LogP contribution in [0.3, 0.4) is 0 Å². The summed E-state index contributed by atoms with van der Waals surface area (Å²) in [6, 6.07) is 5.83. The Hall–Kier alpha value is -2.50. The lowest BCUT2D eigenvalue weighted by molar-refractivity contribution is -0.107. The molecule has 118 valence electrons. The Morgan fingerprint density at radius 1 is 1.32 bits per heavy atom. The van der Waals surface area contributed by atoms with Crippen molar-refractivity contribution in [3.63, 3.8) is 0 Å². The van der Waals surface area contributed by atoms with Gasteiger partial charge in [0.05, 0.1) is 26.3 Å². The molecule has 0 aromatic heterocycles. The van der Waals surface area contributed by atoms with Gasteiger partial charge >= 0.3 is 0 Å². The molecule has 1 N–H and O–H groups in total. The molecule has 0 fully saturated rings. The maximum Gasteiger partial charge on any atom is 0.291 e. The monoisotopic (exact) mass is 304 g/mol. The van der Waals surface area contributed by atoms with E-state index in [0.717, 1.165) is 5.56 Å². The van der Waals surface area contributed by atoms with E-state index in [4.69, 9.17) is 14.2 Å². The van der Waals surface area contributed by atoms with E-state index in [-0.39, 0.29) is 5.76 Å². The van der Waals surface area contributed by atoms with Gasteiger partial charge in [0.2, 0.25) is 0 Å². The predicted octanol–water partition coefficient (Wildman–Crippen LogP) is 2.04. The summed E-state index contributed by atoms with van der Waals surface area (Å²) in [4.78, 5) is 15.3. The molecule has 0 spiro atoms. The highest BCUT2D eigenvalue weighted by atomic mass is 16.5. The fourth-order valence-corrected chi connectivity index (χ4v) is 2.10. The number of methoxy groups -OCH3 is 2. The summed E-state index contributed by atoms with van der Waals surface area (Å²) in [5.41, 5.74) is 0.498. The lowest BCUT2D eigenvalue weighted by atomic mass is 10.0. The molecule has 1 heterocycles. The summed E-state index contributed by atoms with van der Waals surface area (Å²) in [6.07, 6.45) is 2.39. The molecule has 0 saturated heterocycles. The van der Waals surface area contributed by atoms with Crippen molar-refractivity contribution in [2.24, 2.45) is 4.99 Å². The number of carbonyl (C=O) groups is 1. The van der Waals surface area contributed by atoms with Gasteiger partial charge in [-0.15, -0.1) is 0 Å². The number of ether oxygens (including phenoxy) is 3. The molecule has 0 amide bonds. The summed E-state index contributed by atoms with van der Waals surface area (Å²) in [6.45, 7) is 4.22. The second-order valence-electron chi connectivity index (χ2n) is 5.41. The van der Waals surface area contributed by atoms with Crippen LogP contribution in [0.5, 0.6) is 11.5 Å². The van der Waals surface area contributed by atoms with Gasteiger partial charge in [-0.2, -0.15) is 0 Å². The Kier molecular flexibility index (Phi) is 4.70. The smallest absolute Gasteiger partial charge is 0.291 e. The lowest BCUT2D eigenvalue weighted by Gasteiger charge is -2.29. The number of amidine groups is 1. The molecule has 0 radical (unpaired) electrons. The summed E-state index contributed by atoms with van der Waals surface area (Å²) >= 11 is 0. The molecule has 6 heteroatoms. The van der Waals surface area contributed by atoms with Gasteiger partial charge in [-0.25, -0.2) is 4.99 Å². The first-order valence-corrected chi connectivity index (χ1v) is 6.87. The zero-order chi connectivity index (χ0) is 16.2. The van der Waals surface area contributed by atoms with E-state index in [0.29, 0.717) is 30.4 Å². The van der Waals surface area contributed by atoms with Crippen molar-refractivity contribution in [1.82, 2.24) is 5.32 Å². The average Bonchev–Trinajstić information content (AvgIpc) is 2.51. The highest BCUT2D eigenvalue weighted by Gasteiger charge is 2.25. The fraction of sp³-hybridized carbons (Fsp3) is 0.375. The SMILES string of the molecule is COc1ccc(CN=C2NC(C)(C)C=C(C=O)O2)c(OC)c1. The van der Waals surface area contributed by atoms with Crippen LogP contribution in [0.4, 0.5) is 0 Å². The minimum Gasteiger partial charge on any atom is -0.497 e. The van der Waals surface area contributed by atoms with Gasteiger partial charge in [0.15, 0.2) is 12.0 Å². The molecule has 1 aliphatic heterocycles. The molecule has 6 nitrogen and oxygen atoms in total. The summed E-state index contributed by atoms with van der Waals surface area (Å²) in [7, 11) is 3.20. The van der Waals surface area contributed by atoms with Crippen molar-refractivity contribution in [1.29, 1.82) is 0 Å². The van der Waals surface area contributed by atoms with Crippen LogP contribution in [0.25, 0.3) is 0 Å². The number of nitrogens with one attached hydrogen (secondary N) is 1. The normalized spacial score (nSPS) is 18.0. The third-order valence-electron chi connectivity index (χ3n) is 3.15. The zero-order valence-corrected chi connectivity index (χ0v) is 13.2. The molecule has 1 aromatic rings. The Labute approximate surface area is 129 Å². The van der Waals surface area contributed by atoms with Gasteiger partial charge in [0.25, 0.3) is 6.02 Å². The van der Waals surface area contributed by atoms with Gasteiger partial charge in [0.1, 0.15) is 11.5 Å². The van der Waals surface area contributed by atoms with E-state index in [2.05, 4.69) is 10.3 Å². The fourth-order valence-electron chi connectivity index (χ4n) is 2.10. The molecular weight excluding hydrogens is 284 g/mol. The number of rotatable bonds is 5. The molecule has 0 aliphatic carbocycles. The van der Waals surface area contributed by atoms with Crippen LogP contribution in [-0.4, -0.2) is 32.1 Å². The number of carbonyl (C=O) groups excluding carboxylic acids is 1. The number of aliphatic imine (C=N–C) groups is 1. The number of hydrogen-bond donors (Lipinski definition) is 1. The van der Waals surface area contributed by atoms with E-state index in [1.165, 1.54) is 0 Å². The molecule has 0 atom stereocenters. The molecule has 22 heavy (non-hydrogen) atoms. The van der Waals surface area contributed by atoms with Crippen LogP contribution in [0.1, 0.15) is 19.4 Å². The quantitative estimate of drug-likeness (QED) is 0.843. The number of allylic oxidation sites excluding steroid dienone is 1. The molecule has 2 rings (SSSR count). The highest BCUT2D eigenvalue weighted by molar-refractivity contribution is 5.84. The molecule has 0 saturated carbocycles. The van der Waals surface area contributed by atoms with Crippen molar-refractivity contribution in [3.8, 4) is 11.5 Å².